The molecule has 1 aliphatic heterocycles. The number of ether oxygens (including phenoxy) is 1. The first kappa shape index (κ1) is 19.3. The van der Waals surface area contributed by atoms with Crippen LogP contribution < -0.4 is 4.74 Å². The number of benzene rings is 2. The zero-order valence-electron chi connectivity index (χ0n) is 17.3. The van der Waals surface area contributed by atoms with Crippen LogP contribution in [-0.2, 0) is 4.79 Å². The molecule has 3 aromatic rings. The van der Waals surface area contributed by atoms with Crippen molar-refractivity contribution in [2.45, 2.75) is 33.1 Å². The number of methoxy groups -OCH3 is 1. The Morgan fingerprint density at radius 2 is 1.86 bits per heavy atom. The van der Waals surface area contributed by atoms with Gasteiger partial charge >= 0.3 is 0 Å². The summed E-state index contributed by atoms with van der Waals surface area (Å²) in [5, 5.41) is 1.03. The van der Waals surface area contributed by atoms with Gasteiger partial charge in [0, 0.05) is 41.2 Å². The molecule has 4 heteroatoms. The molecule has 0 atom stereocenters. The van der Waals surface area contributed by atoms with Gasteiger partial charge in [0.25, 0.3) is 0 Å². The van der Waals surface area contributed by atoms with Gasteiger partial charge in [0.1, 0.15) is 11.3 Å². The summed E-state index contributed by atoms with van der Waals surface area (Å²) in [4.78, 5) is 14.7. The number of carbonyl (C=O) groups excluding carboxylic acids is 1. The zero-order chi connectivity index (χ0) is 20.4. The molecule has 0 N–H and O–H groups in total. The molecule has 0 saturated carbocycles. The second kappa shape index (κ2) is 8.16. The predicted molar refractivity (Wildman–Crippen MR) is 117 cm³/mol. The number of carbonyl (C=O) groups is 1. The van der Waals surface area contributed by atoms with Crippen LogP contribution in [0.3, 0.4) is 0 Å². The molecule has 1 aromatic heterocycles. The maximum absolute atomic E-state index is 12.8. The van der Waals surface area contributed by atoms with Crippen LogP contribution in [0, 0.1) is 6.92 Å². The summed E-state index contributed by atoms with van der Waals surface area (Å²) >= 11 is 0. The van der Waals surface area contributed by atoms with Gasteiger partial charge in [-0.25, -0.2) is 0 Å². The number of amides is 1. The minimum atomic E-state index is 0.0810. The molecule has 0 bridgehead atoms. The third kappa shape index (κ3) is 3.67. The molecule has 0 spiro atoms. The Morgan fingerprint density at radius 3 is 2.55 bits per heavy atom. The van der Waals surface area contributed by atoms with E-state index in [1.807, 2.05) is 36.9 Å². The highest BCUT2D eigenvalue weighted by atomic mass is 16.5. The normalized spacial score (nSPS) is 15.0. The minimum absolute atomic E-state index is 0.0810. The fourth-order valence-electron chi connectivity index (χ4n) is 4.18. The lowest BCUT2D eigenvalue weighted by Gasteiger charge is -2.25. The Hall–Kier alpha value is -3.01. The first-order valence-electron chi connectivity index (χ1n) is 10.2. The van der Waals surface area contributed by atoms with Gasteiger partial charge in [-0.2, -0.15) is 0 Å². The number of hydrogen-bond acceptors (Lipinski definition) is 3. The number of hydrogen-bond donors (Lipinski definition) is 0. The minimum Gasteiger partial charge on any atom is -0.496 e. The average Bonchev–Trinajstić information content (AvgIpc) is 3.19. The van der Waals surface area contributed by atoms with E-state index in [0.29, 0.717) is 0 Å². The summed E-state index contributed by atoms with van der Waals surface area (Å²) in [7, 11) is 1.67. The number of piperidine rings is 1. The fourth-order valence-corrected chi connectivity index (χ4v) is 4.18. The van der Waals surface area contributed by atoms with Gasteiger partial charge in [0.05, 0.1) is 13.4 Å². The molecule has 150 valence electrons. The van der Waals surface area contributed by atoms with Crippen molar-refractivity contribution in [3.8, 4) is 16.9 Å². The number of aryl methyl sites for hydroxylation is 1. The highest BCUT2D eigenvalue weighted by molar-refractivity contribution is 6.01. The quantitative estimate of drug-likeness (QED) is 0.527. The summed E-state index contributed by atoms with van der Waals surface area (Å²) in [5.41, 5.74) is 5.75. The van der Waals surface area contributed by atoms with E-state index >= 15 is 0 Å². The van der Waals surface area contributed by atoms with Crippen LogP contribution in [0.1, 0.15) is 37.3 Å². The highest BCUT2D eigenvalue weighted by Gasteiger charge is 2.20. The Morgan fingerprint density at radius 1 is 1.14 bits per heavy atom. The molecule has 1 aliphatic rings. The molecule has 0 aliphatic carbocycles. The van der Waals surface area contributed by atoms with Crippen molar-refractivity contribution in [1.82, 2.24) is 4.90 Å². The molecule has 2 heterocycles. The van der Waals surface area contributed by atoms with Crippen molar-refractivity contribution >= 4 is 22.4 Å². The number of likely N-dealkylation sites (tertiary alicyclic amines) is 1. The number of fused-ring (bicyclic) bond motifs is 1. The Kier molecular flexibility index (Phi) is 5.43. The summed E-state index contributed by atoms with van der Waals surface area (Å²) in [6.45, 7) is 5.67. The van der Waals surface area contributed by atoms with Crippen LogP contribution in [0.2, 0.25) is 0 Å². The lowest BCUT2D eigenvalue weighted by Crippen LogP contribution is -2.34. The summed E-state index contributed by atoms with van der Waals surface area (Å²) in [5.74, 6) is 0.837. The van der Waals surface area contributed by atoms with Crippen LogP contribution in [0.25, 0.3) is 27.7 Å². The highest BCUT2D eigenvalue weighted by Crippen LogP contribution is 2.40. The number of allylic oxidation sites excluding steroid dienone is 1. The fraction of sp³-hybridized carbons (Fsp3) is 0.320. The van der Waals surface area contributed by atoms with Gasteiger partial charge in [-0.15, -0.1) is 0 Å². The van der Waals surface area contributed by atoms with E-state index in [2.05, 4.69) is 18.2 Å². The Bertz CT molecular complexity index is 1060. The lowest BCUT2D eigenvalue weighted by atomic mass is 9.96. The molecule has 29 heavy (non-hydrogen) atoms. The molecule has 0 radical (unpaired) electrons. The van der Waals surface area contributed by atoms with E-state index in [-0.39, 0.29) is 5.91 Å². The first-order valence-corrected chi connectivity index (χ1v) is 10.2. The standard InChI is InChI=1S/C25H27NO3/c1-17(14-23(27)26-12-8-5-9-13-26)20-15-21-22(19-10-6-4-7-11-19)16-29-25(21)18(2)24(20)28-3/h4,6-7,10-11,14-16H,5,8-9,12-13H2,1-3H3/b17-14+. The van der Waals surface area contributed by atoms with Crippen LogP contribution in [-0.4, -0.2) is 31.0 Å². The maximum Gasteiger partial charge on any atom is 0.246 e. The SMILES string of the molecule is COc1c(/C(C)=C/C(=O)N2CCCCC2)cc2c(-c3ccccc3)coc2c1C. The van der Waals surface area contributed by atoms with Gasteiger partial charge in [-0.3, -0.25) is 4.79 Å². The molecule has 1 amide bonds. The van der Waals surface area contributed by atoms with Crippen molar-refractivity contribution < 1.29 is 13.9 Å². The first-order chi connectivity index (χ1) is 14.1. The predicted octanol–water partition coefficient (Wildman–Crippen LogP) is 5.83. The molecule has 4 nitrogen and oxygen atoms in total. The van der Waals surface area contributed by atoms with Gasteiger partial charge in [0.15, 0.2) is 0 Å². The second-order valence-electron chi connectivity index (χ2n) is 7.69. The summed E-state index contributed by atoms with van der Waals surface area (Å²) < 4.78 is 11.6. The molecule has 1 saturated heterocycles. The molecule has 4 rings (SSSR count). The van der Waals surface area contributed by atoms with Crippen molar-refractivity contribution in [3.05, 3.63) is 59.9 Å². The van der Waals surface area contributed by atoms with Crippen molar-refractivity contribution in [1.29, 1.82) is 0 Å². The Balaban J connectivity index is 1.80. The monoisotopic (exact) mass is 389 g/mol. The van der Waals surface area contributed by atoms with Crippen LogP contribution >= 0.6 is 0 Å². The Labute approximate surface area is 171 Å². The van der Waals surface area contributed by atoms with E-state index in [4.69, 9.17) is 9.15 Å². The third-order valence-corrected chi connectivity index (χ3v) is 5.77. The number of furan rings is 1. The van der Waals surface area contributed by atoms with Gasteiger partial charge in [0.2, 0.25) is 5.91 Å². The largest absolute Gasteiger partial charge is 0.496 e. The molecular weight excluding hydrogens is 362 g/mol. The van der Waals surface area contributed by atoms with E-state index in [0.717, 1.165) is 70.5 Å². The van der Waals surface area contributed by atoms with Crippen molar-refractivity contribution in [3.63, 3.8) is 0 Å². The molecular formula is C25H27NO3. The van der Waals surface area contributed by atoms with Gasteiger partial charge in [-0.1, -0.05) is 30.3 Å². The topological polar surface area (TPSA) is 42.7 Å². The molecule has 1 fully saturated rings. The van der Waals surface area contributed by atoms with E-state index in [1.54, 1.807) is 19.4 Å². The summed E-state index contributed by atoms with van der Waals surface area (Å²) in [6.07, 6.45) is 6.93. The molecule has 0 unspecified atom stereocenters. The maximum atomic E-state index is 12.8. The van der Waals surface area contributed by atoms with Crippen molar-refractivity contribution in [2.24, 2.45) is 0 Å². The van der Waals surface area contributed by atoms with Crippen molar-refractivity contribution in [2.75, 3.05) is 20.2 Å². The van der Waals surface area contributed by atoms with Crippen LogP contribution in [0.15, 0.2) is 53.2 Å². The van der Waals surface area contributed by atoms with Gasteiger partial charge in [-0.05, 0) is 50.3 Å². The smallest absolute Gasteiger partial charge is 0.246 e. The molecule has 2 aromatic carbocycles. The van der Waals surface area contributed by atoms with Crippen LogP contribution in [0.5, 0.6) is 5.75 Å². The van der Waals surface area contributed by atoms with Gasteiger partial charge < -0.3 is 14.1 Å². The van der Waals surface area contributed by atoms with E-state index in [9.17, 15) is 4.79 Å². The zero-order valence-corrected chi connectivity index (χ0v) is 17.3. The average molecular weight is 389 g/mol. The van der Waals surface area contributed by atoms with E-state index < -0.39 is 0 Å². The number of rotatable bonds is 4. The third-order valence-electron chi connectivity index (χ3n) is 5.77. The second-order valence-corrected chi connectivity index (χ2v) is 7.69. The van der Waals surface area contributed by atoms with E-state index in [1.165, 1.54) is 6.42 Å². The number of nitrogens with zero attached hydrogens (tertiary/aromatic N) is 1. The summed E-state index contributed by atoms with van der Waals surface area (Å²) in [6, 6.07) is 12.3. The lowest BCUT2D eigenvalue weighted by molar-refractivity contribution is -0.126. The van der Waals surface area contributed by atoms with Crippen LogP contribution in [0.4, 0.5) is 0 Å².